The summed E-state index contributed by atoms with van der Waals surface area (Å²) in [4.78, 5) is 0. The number of ether oxygens (including phenoxy) is 1. The molecular weight excluding hydrogens is 284 g/mol. The van der Waals surface area contributed by atoms with E-state index >= 15 is 0 Å². The fourth-order valence-electron chi connectivity index (χ4n) is 2.34. The van der Waals surface area contributed by atoms with Gasteiger partial charge in [0.1, 0.15) is 11.4 Å². The maximum absolute atomic E-state index is 6.56. The van der Waals surface area contributed by atoms with E-state index in [1.807, 2.05) is 66.3 Å². The fourth-order valence-corrected chi connectivity index (χ4v) is 2.72. The Morgan fingerprint density at radius 1 is 0.952 bits per heavy atom. The van der Waals surface area contributed by atoms with Crippen LogP contribution in [-0.2, 0) is 7.05 Å². The Balaban J connectivity index is 2.09. The number of aryl methyl sites for hydroxylation is 1. The van der Waals surface area contributed by atoms with Crippen LogP contribution in [-0.4, -0.2) is 16.9 Å². The minimum Gasteiger partial charge on any atom is -0.497 e. The third-order valence-electron chi connectivity index (χ3n) is 3.40. The molecule has 0 unspecified atom stereocenters. The molecule has 3 aromatic rings. The summed E-state index contributed by atoms with van der Waals surface area (Å²) < 4.78 is 6.99. The highest BCUT2D eigenvalue weighted by molar-refractivity contribution is 6.35. The van der Waals surface area contributed by atoms with Crippen molar-refractivity contribution in [3.8, 4) is 28.3 Å². The summed E-state index contributed by atoms with van der Waals surface area (Å²) in [6.45, 7) is 0. The average molecular weight is 299 g/mol. The van der Waals surface area contributed by atoms with Crippen LogP contribution in [0.2, 0.25) is 5.02 Å². The quantitative estimate of drug-likeness (QED) is 0.716. The normalized spacial score (nSPS) is 10.6. The highest BCUT2D eigenvalue weighted by Crippen LogP contribution is 2.36. The van der Waals surface area contributed by atoms with Crippen molar-refractivity contribution in [2.75, 3.05) is 7.11 Å². The van der Waals surface area contributed by atoms with E-state index in [0.29, 0.717) is 5.02 Å². The molecule has 0 aliphatic carbocycles. The van der Waals surface area contributed by atoms with Gasteiger partial charge in [-0.3, -0.25) is 4.68 Å². The number of aromatic nitrogens is 2. The van der Waals surface area contributed by atoms with Crippen LogP contribution < -0.4 is 4.74 Å². The Labute approximate surface area is 128 Å². The predicted molar refractivity (Wildman–Crippen MR) is 85.6 cm³/mol. The van der Waals surface area contributed by atoms with Crippen LogP contribution in [0, 0.1) is 0 Å². The van der Waals surface area contributed by atoms with E-state index in [1.54, 1.807) is 7.11 Å². The summed E-state index contributed by atoms with van der Waals surface area (Å²) >= 11 is 6.56. The maximum Gasteiger partial charge on any atom is 0.118 e. The van der Waals surface area contributed by atoms with Gasteiger partial charge in [0, 0.05) is 18.2 Å². The number of hydrogen-bond acceptors (Lipinski definition) is 2. The first-order valence-corrected chi connectivity index (χ1v) is 7.01. The third-order valence-corrected chi connectivity index (χ3v) is 3.76. The van der Waals surface area contributed by atoms with Gasteiger partial charge in [-0.25, -0.2) is 0 Å². The number of hydrogen-bond donors (Lipinski definition) is 0. The largest absolute Gasteiger partial charge is 0.497 e. The fraction of sp³-hybridized carbons (Fsp3) is 0.118. The molecule has 2 aromatic carbocycles. The molecular formula is C17H15ClN2O. The van der Waals surface area contributed by atoms with Gasteiger partial charge in [-0.1, -0.05) is 41.9 Å². The number of halogens is 1. The van der Waals surface area contributed by atoms with Crippen molar-refractivity contribution in [1.82, 2.24) is 9.78 Å². The van der Waals surface area contributed by atoms with E-state index in [9.17, 15) is 0 Å². The van der Waals surface area contributed by atoms with E-state index in [2.05, 4.69) is 5.10 Å². The Morgan fingerprint density at radius 2 is 1.62 bits per heavy atom. The molecule has 1 heterocycles. The van der Waals surface area contributed by atoms with E-state index in [4.69, 9.17) is 16.3 Å². The van der Waals surface area contributed by atoms with Crippen molar-refractivity contribution in [3.63, 3.8) is 0 Å². The van der Waals surface area contributed by atoms with Gasteiger partial charge in [0.05, 0.1) is 17.8 Å². The number of methoxy groups -OCH3 is 1. The minimum atomic E-state index is 0.661. The zero-order chi connectivity index (χ0) is 14.8. The molecule has 21 heavy (non-hydrogen) atoms. The zero-order valence-corrected chi connectivity index (χ0v) is 12.6. The van der Waals surface area contributed by atoms with E-state index in [1.165, 1.54) is 0 Å². The SMILES string of the molecule is COc1ccc(-c2nn(C)c(-c3ccccc3)c2Cl)cc1. The van der Waals surface area contributed by atoms with Gasteiger partial charge in [-0.15, -0.1) is 0 Å². The van der Waals surface area contributed by atoms with Crippen LogP contribution >= 0.6 is 11.6 Å². The van der Waals surface area contributed by atoms with Crippen LogP contribution in [0.5, 0.6) is 5.75 Å². The Hall–Kier alpha value is -2.26. The van der Waals surface area contributed by atoms with Crippen LogP contribution in [0.15, 0.2) is 54.6 Å². The lowest BCUT2D eigenvalue weighted by atomic mass is 10.1. The lowest BCUT2D eigenvalue weighted by Gasteiger charge is -2.02. The van der Waals surface area contributed by atoms with Crippen LogP contribution in [0.4, 0.5) is 0 Å². The Kier molecular flexibility index (Phi) is 3.67. The molecule has 0 saturated heterocycles. The summed E-state index contributed by atoms with van der Waals surface area (Å²) in [7, 11) is 3.55. The molecule has 0 saturated carbocycles. The number of benzene rings is 2. The summed E-state index contributed by atoms with van der Waals surface area (Å²) in [6, 6.07) is 17.8. The first-order valence-electron chi connectivity index (χ1n) is 6.63. The van der Waals surface area contributed by atoms with Gasteiger partial charge in [-0.2, -0.15) is 5.10 Å². The molecule has 3 rings (SSSR count). The van der Waals surface area contributed by atoms with Crippen molar-refractivity contribution < 1.29 is 4.74 Å². The first-order chi connectivity index (χ1) is 10.2. The van der Waals surface area contributed by atoms with Crippen molar-refractivity contribution >= 4 is 11.6 Å². The summed E-state index contributed by atoms with van der Waals surface area (Å²) in [5.41, 5.74) is 3.72. The van der Waals surface area contributed by atoms with Gasteiger partial charge >= 0.3 is 0 Å². The summed E-state index contributed by atoms with van der Waals surface area (Å²) in [5, 5.41) is 5.22. The molecule has 0 aliphatic heterocycles. The van der Waals surface area contributed by atoms with Crippen molar-refractivity contribution in [2.45, 2.75) is 0 Å². The number of nitrogens with zero attached hydrogens (tertiary/aromatic N) is 2. The smallest absolute Gasteiger partial charge is 0.118 e. The summed E-state index contributed by atoms with van der Waals surface area (Å²) in [5.74, 6) is 0.814. The highest BCUT2D eigenvalue weighted by Gasteiger charge is 2.17. The van der Waals surface area contributed by atoms with Gasteiger partial charge in [-0.05, 0) is 24.3 Å². The molecule has 0 radical (unpaired) electrons. The molecule has 4 heteroatoms. The molecule has 0 N–H and O–H groups in total. The average Bonchev–Trinajstić information content (AvgIpc) is 2.83. The second kappa shape index (κ2) is 5.62. The van der Waals surface area contributed by atoms with Gasteiger partial charge in [0.25, 0.3) is 0 Å². The van der Waals surface area contributed by atoms with Crippen LogP contribution in [0.25, 0.3) is 22.5 Å². The monoisotopic (exact) mass is 298 g/mol. The third kappa shape index (κ3) is 2.52. The second-order valence-electron chi connectivity index (χ2n) is 4.73. The molecule has 0 aliphatic rings. The van der Waals surface area contributed by atoms with Gasteiger partial charge in [0.15, 0.2) is 0 Å². The van der Waals surface area contributed by atoms with Crippen molar-refractivity contribution in [3.05, 3.63) is 59.6 Å². The van der Waals surface area contributed by atoms with E-state index in [0.717, 1.165) is 28.3 Å². The standard InChI is InChI=1S/C17H15ClN2O/c1-20-17(13-6-4-3-5-7-13)15(18)16(19-20)12-8-10-14(21-2)11-9-12/h3-11H,1-2H3. The van der Waals surface area contributed by atoms with Crippen molar-refractivity contribution in [1.29, 1.82) is 0 Å². The molecule has 0 atom stereocenters. The van der Waals surface area contributed by atoms with Crippen LogP contribution in [0.1, 0.15) is 0 Å². The molecule has 0 amide bonds. The van der Waals surface area contributed by atoms with Gasteiger partial charge in [0.2, 0.25) is 0 Å². The molecule has 0 bridgehead atoms. The molecule has 1 aromatic heterocycles. The predicted octanol–water partition coefficient (Wildman–Crippen LogP) is 4.42. The molecule has 106 valence electrons. The molecule has 0 fully saturated rings. The number of rotatable bonds is 3. The Bertz CT molecular complexity index is 748. The van der Waals surface area contributed by atoms with E-state index < -0.39 is 0 Å². The second-order valence-corrected chi connectivity index (χ2v) is 5.11. The minimum absolute atomic E-state index is 0.661. The topological polar surface area (TPSA) is 27.1 Å². The Morgan fingerprint density at radius 3 is 2.24 bits per heavy atom. The van der Waals surface area contributed by atoms with Crippen molar-refractivity contribution in [2.24, 2.45) is 7.05 Å². The lowest BCUT2D eigenvalue weighted by molar-refractivity contribution is 0.415. The maximum atomic E-state index is 6.56. The van der Waals surface area contributed by atoms with Crippen LogP contribution in [0.3, 0.4) is 0 Å². The highest BCUT2D eigenvalue weighted by atomic mass is 35.5. The van der Waals surface area contributed by atoms with E-state index in [-0.39, 0.29) is 0 Å². The first kappa shape index (κ1) is 13.7. The van der Waals surface area contributed by atoms with Gasteiger partial charge < -0.3 is 4.74 Å². The molecule has 0 spiro atoms. The molecule has 3 nitrogen and oxygen atoms in total. The summed E-state index contributed by atoms with van der Waals surface area (Å²) in [6.07, 6.45) is 0. The lowest BCUT2D eigenvalue weighted by Crippen LogP contribution is -1.93. The zero-order valence-electron chi connectivity index (χ0n) is 11.9.